The van der Waals surface area contributed by atoms with Gasteiger partial charge in [-0.25, -0.2) is 9.18 Å². The van der Waals surface area contributed by atoms with Crippen molar-refractivity contribution < 1.29 is 18.7 Å². The number of ether oxygens (including phenoxy) is 2. The number of amides is 1. The van der Waals surface area contributed by atoms with Crippen LogP contribution in [-0.4, -0.2) is 48.1 Å². The molecule has 0 bridgehead atoms. The summed E-state index contributed by atoms with van der Waals surface area (Å²) in [7, 11) is 0. The Labute approximate surface area is 107 Å². The van der Waals surface area contributed by atoms with Crippen molar-refractivity contribution in [1.82, 2.24) is 4.90 Å². The Kier molecular flexibility index (Phi) is 3.54. The number of likely N-dealkylation sites (tertiary alicyclic amines) is 1. The fraction of sp³-hybridized carbons (Fsp3) is 0.923. The zero-order valence-electron chi connectivity index (χ0n) is 11.4. The molecule has 0 aromatic carbocycles. The highest BCUT2D eigenvalue weighted by atomic mass is 19.1. The number of nitrogens with zero attached hydrogens (tertiary/aromatic N) is 1. The van der Waals surface area contributed by atoms with Crippen molar-refractivity contribution in [3.8, 4) is 0 Å². The van der Waals surface area contributed by atoms with E-state index in [0.29, 0.717) is 19.6 Å². The molecule has 0 saturated carbocycles. The zero-order chi connectivity index (χ0) is 13.4. The van der Waals surface area contributed by atoms with Crippen LogP contribution in [0.2, 0.25) is 0 Å². The third kappa shape index (κ3) is 2.76. The minimum atomic E-state index is -1.11. The molecule has 0 unspecified atom stereocenters. The van der Waals surface area contributed by atoms with E-state index >= 15 is 0 Å². The van der Waals surface area contributed by atoms with Crippen LogP contribution in [0.25, 0.3) is 0 Å². The molecule has 4 nitrogen and oxygen atoms in total. The molecule has 104 valence electrons. The summed E-state index contributed by atoms with van der Waals surface area (Å²) in [6, 6.07) is 0. The average Bonchev–Trinajstić information content (AvgIpc) is 2.69. The second-order valence-electron chi connectivity index (χ2n) is 6.16. The van der Waals surface area contributed by atoms with Crippen molar-refractivity contribution in [1.29, 1.82) is 0 Å². The third-order valence-electron chi connectivity index (χ3n) is 3.54. The SMILES string of the molecule is CC(C)(C)OC(=O)N1CC[C@]2(CCCO2)[C@H](F)C1. The van der Waals surface area contributed by atoms with Crippen LogP contribution in [0.3, 0.4) is 0 Å². The van der Waals surface area contributed by atoms with Crippen LogP contribution in [0.15, 0.2) is 0 Å². The normalized spacial score (nSPS) is 32.9. The molecule has 2 aliphatic heterocycles. The van der Waals surface area contributed by atoms with E-state index in [1.165, 1.54) is 4.90 Å². The monoisotopic (exact) mass is 259 g/mol. The Morgan fingerprint density at radius 1 is 1.44 bits per heavy atom. The average molecular weight is 259 g/mol. The van der Waals surface area contributed by atoms with Gasteiger partial charge in [-0.2, -0.15) is 0 Å². The van der Waals surface area contributed by atoms with Crippen LogP contribution in [0.1, 0.15) is 40.0 Å². The van der Waals surface area contributed by atoms with Gasteiger partial charge < -0.3 is 14.4 Å². The molecule has 0 aliphatic carbocycles. The Hall–Kier alpha value is -0.840. The van der Waals surface area contributed by atoms with Gasteiger partial charge in [0.15, 0.2) is 0 Å². The minimum absolute atomic E-state index is 0.0783. The summed E-state index contributed by atoms with van der Waals surface area (Å²) in [5.41, 5.74) is -1.18. The summed E-state index contributed by atoms with van der Waals surface area (Å²) in [5, 5.41) is 0. The quantitative estimate of drug-likeness (QED) is 0.671. The standard InChI is InChI=1S/C13H22FNO3/c1-12(2,3)18-11(16)15-7-6-13(10(14)9-15)5-4-8-17-13/h10H,4-9H2,1-3H3/t10-,13-/m1/s1. The van der Waals surface area contributed by atoms with Gasteiger partial charge in [0.05, 0.1) is 6.54 Å². The van der Waals surface area contributed by atoms with Gasteiger partial charge >= 0.3 is 6.09 Å². The van der Waals surface area contributed by atoms with Gasteiger partial charge in [-0.1, -0.05) is 0 Å². The van der Waals surface area contributed by atoms with Gasteiger partial charge in [0, 0.05) is 13.2 Å². The summed E-state index contributed by atoms with van der Waals surface area (Å²) in [6.07, 6.45) is 0.690. The van der Waals surface area contributed by atoms with Crippen molar-refractivity contribution in [2.45, 2.75) is 57.4 Å². The number of hydrogen-bond acceptors (Lipinski definition) is 3. The maximum Gasteiger partial charge on any atom is 0.410 e. The molecule has 18 heavy (non-hydrogen) atoms. The molecule has 0 radical (unpaired) electrons. The molecule has 2 atom stereocenters. The molecule has 2 heterocycles. The summed E-state index contributed by atoms with van der Waals surface area (Å²) in [4.78, 5) is 13.3. The van der Waals surface area contributed by atoms with Crippen LogP contribution in [0, 0.1) is 0 Å². The smallest absolute Gasteiger partial charge is 0.410 e. The lowest BCUT2D eigenvalue weighted by atomic mass is 9.87. The first-order valence-corrected chi connectivity index (χ1v) is 6.58. The maximum absolute atomic E-state index is 14.2. The van der Waals surface area contributed by atoms with E-state index in [-0.39, 0.29) is 6.54 Å². The van der Waals surface area contributed by atoms with Gasteiger partial charge in [0.25, 0.3) is 0 Å². The van der Waals surface area contributed by atoms with Crippen LogP contribution >= 0.6 is 0 Å². The Balaban J connectivity index is 1.94. The zero-order valence-corrected chi connectivity index (χ0v) is 11.4. The summed E-state index contributed by atoms with van der Waals surface area (Å²) >= 11 is 0. The largest absolute Gasteiger partial charge is 0.444 e. The van der Waals surface area contributed by atoms with Crippen molar-refractivity contribution in [3.05, 3.63) is 0 Å². The van der Waals surface area contributed by atoms with Crippen molar-refractivity contribution in [2.75, 3.05) is 19.7 Å². The van der Waals surface area contributed by atoms with E-state index in [1.54, 1.807) is 0 Å². The molecular formula is C13H22FNO3. The van der Waals surface area contributed by atoms with E-state index in [1.807, 2.05) is 20.8 Å². The number of halogens is 1. The molecule has 1 spiro atoms. The Morgan fingerprint density at radius 2 is 2.17 bits per heavy atom. The van der Waals surface area contributed by atoms with Crippen LogP contribution in [-0.2, 0) is 9.47 Å². The van der Waals surface area contributed by atoms with Crippen molar-refractivity contribution in [2.24, 2.45) is 0 Å². The summed E-state index contributed by atoms with van der Waals surface area (Å²) in [6.45, 7) is 6.65. The van der Waals surface area contributed by atoms with E-state index < -0.39 is 23.5 Å². The molecule has 2 rings (SSSR count). The molecule has 0 N–H and O–H groups in total. The van der Waals surface area contributed by atoms with Crippen LogP contribution < -0.4 is 0 Å². The Bertz CT molecular complexity index is 321. The highest BCUT2D eigenvalue weighted by molar-refractivity contribution is 5.68. The molecule has 0 aromatic heterocycles. The maximum atomic E-state index is 14.2. The van der Waals surface area contributed by atoms with E-state index in [2.05, 4.69) is 0 Å². The predicted molar refractivity (Wildman–Crippen MR) is 65.2 cm³/mol. The molecular weight excluding hydrogens is 237 g/mol. The van der Waals surface area contributed by atoms with Crippen LogP contribution in [0.4, 0.5) is 9.18 Å². The fourth-order valence-electron chi connectivity index (χ4n) is 2.59. The third-order valence-corrected chi connectivity index (χ3v) is 3.54. The second-order valence-corrected chi connectivity index (χ2v) is 6.16. The number of alkyl halides is 1. The van der Waals surface area contributed by atoms with E-state index in [4.69, 9.17) is 9.47 Å². The van der Waals surface area contributed by atoms with Crippen molar-refractivity contribution >= 4 is 6.09 Å². The molecule has 2 fully saturated rings. The first-order valence-electron chi connectivity index (χ1n) is 6.58. The molecule has 5 heteroatoms. The topological polar surface area (TPSA) is 38.8 Å². The molecule has 2 saturated heterocycles. The molecule has 2 aliphatic rings. The van der Waals surface area contributed by atoms with Gasteiger partial charge in [0.1, 0.15) is 17.4 Å². The summed E-state index contributed by atoms with van der Waals surface area (Å²) < 4.78 is 25.0. The number of carbonyl (C=O) groups is 1. The fourth-order valence-corrected chi connectivity index (χ4v) is 2.59. The number of carbonyl (C=O) groups excluding carboxylic acids is 1. The first-order chi connectivity index (χ1) is 8.32. The van der Waals surface area contributed by atoms with E-state index in [0.717, 1.165) is 12.8 Å². The highest BCUT2D eigenvalue weighted by Gasteiger charge is 2.48. The Morgan fingerprint density at radius 3 is 2.67 bits per heavy atom. The minimum Gasteiger partial charge on any atom is -0.444 e. The number of piperidine rings is 1. The van der Waals surface area contributed by atoms with Gasteiger partial charge in [-0.05, 0) is 40.0 Å². The van der Waals surface area contributed by atoms with Gasteiger partial charge in [-0.15, -0.1) is 0 Å². The second kappa shape index (κ2) is 4.68. The molecule has 1 amide bonds. The van der Waals surface area contributed by atoms with Crippen LogP contribution in [0.5, 0.6) is 0 Å². The number of rotatable bonds is 0. The summed E-state index contributed by atoms with van der Waals surface area (Å²) in [5.74, 6) is 0. The lowest BCUT2D eigenvalue weighted by Gasteiger charge is -2.41. The highest BCUT2D eigenvalue weighted by Crippen LogP contribution is 2.37. The first kappa shape index (κ1) is 13.6. The van der Waals surface area contributed by atoms with Crippen molar-refractivity contribution in [3.63, 3.8) is 0 Å². The predicted octanol–water partition coefficient (Wildman–Crippen LogP) is 2.51. The number of hydrogen-bond donors (Lipinski definition) is 0. The van der Waals surface area contributed by atoms with E-state index in [9.17, 15) is 9.18 Å². The van der Waals surface area contributed by atoms with Gasteiger partial charge in [-0.3, -0.25) is 0 Å². The molecule has 0 aromatic rings. The lowest BCUT2D eigenvalue weighted by molar-refractivity contribution is -0.0981. The van der Waals surface area contributed by atoms with Gasteiger partial charge in [0.2, 0.25) is 0 Å². The lowest BCUT2D eigenvalue weighted by Crippen LogP contribution is -2.55.